The predicted octanol–water partition coefficient (Wildman–Crippen LogP) is 1.84. The molecule has 0 radical (unpaired) electrons. The molecule has 1 spiro atoms. The fourth-order valence-corrected chi connectivity index (χ4v) is 10.1. The van der Waals surface area contributed by atoms with Gasteiger partial charge in [-0.25, -0.2) is 14.4 Å². The molecule has 12 atom stereocenters. The summed E-state index contributed by atoms with van der Waals surface area (Å²) in [4.78, 5) is 127. The van der Waals surface area contributed by atoms with Gasteiger partial charge in [0.05, 0.1) is 22.7 Å². The molecule has 1 N–H and O–H groups in total. The number of ether oxygens (including phenoxy) is 10. The van der Waals surface area contributed by atoms with Crippen LogP contribution in [0.15, 0.2) is 48.7 Å². The highest BCUT2D eigenvalue weighted by Gasteiger charge is 2.92. The second-order valence-electron chi connectivity index (χ2n) is 17.3. The zero-order chi connectivity index (χ0) is 48.7. The largest absolute Gasteiger partial charge is 0.465 e. The number of aryl methyl sites for hydroxylation is 1. The first kappa shape index (κ1) is 49.0. The fourth-order valence-electron chi connectivity index (χ4n) is 10.1. The summed E-state index contributed by atoms with van der Waals surface area (Å²) in [6.45, 7) is 7.32. The lowest BCUT2D eigenvalue weighted by atomic mass is 9.45. The molecule has 3 heterocycles. The third kappa shape index (κ3) is 8.44. The van der Waals surface area contributed by atoms with Gasteiger partial charge in [0.1, 0.15) is 42.0 Å². The van der Waals surface area contributed by atoms with Gasteiger partial charge in [-0.15, -0.1) is 0 Å². The number of nitrogens with zero attached hydrogens (tertiary/aromatic N) is 1. The molecule has 2 aliphatic heterocycles. The number of hydrogen-bond acceptors (Lipinski definition) is 21. The predicted molar refractivity (Wildman–Crippen MR) is 216 cm³/mol. The van der Waals surface area contributed by atoms with Gasteiger partial charge in [-0.3, -0.25) is 33.8 Å². The number of cyclic esters (lactones) is 1. The molecule has 356 valence electrons. The molecule has 1 saturated heterocycles. The molecular weight excluding hydrogens is 874 g/mol. The number of pyridine rings is 1. The van der Waals surface area contributed by atoms with E-state index in [1.807, 2.05) is 0 Å². The lowest BCUT2D eigenvalue weighted by Crippen LogP contribution is -2.89. The molecule has 1 aromatic heterocycles. The molecule has 2 aliphatic carbocycles. The number of aromatic nitrogens is 1. The second kappa shape index (κ2) is 18.1. The van der Waals surface area contributed by atoms with Crippen molar-refractivity contribution >= 4 is 53.7 Å². The summed E-state index contributed by atoms with van der Waals surface area (Å²) in [5, 5.41) is 13.7. The molecule has 0 unspecified atom stereocenters. The number of carbonyl (C=O) groups is 9. The van der Waals surface area contributed by atoms with Crippen LogP contribution in [0.1, 0.15) is 95.1 Å². The van der Waals surface area contributed by atoms with E-state index in [2.05, 4.69) is 4.98 Å². The van der Waals surface area contributed by atoms with Gasteiger partial charge >= 0.3 is 53.7 Å². The van der Waals surface area contributed by atoms with Gasteiger partial charge in [0.15, 0.2) is 30.0 Å². The Bertz CT molecular complexity index is 2310. The van der Waals surface area contributed by atoms with Crippen LogP contribution in [-0.2, 0) is 87.4 Å². The van der Waals surface area contributed by atoms with Crippen LogP contribution in [0, 0.1) is 11.3 Å². The number of aliphatic hydroxyl groups is 1. The highest BCUT2D eigenvalue weighted by molar-refractivity contribution is 5.93. The van der Waals surface area contributed by atoms with E-state index < -0.39 is 144 Å². The van der Waals surface area contributed by atoms with Crippen LogP contribution < -0.4 is 0 Å². The molecule has 21 nitrogen and oxygen atoms in total. The monoisotopic (exact) mass is 925 g/mol. The Morgan fingerprint density at radius 2 is 1.29 bits per heavy atom. The maximum Gasteiger partial charge on any atom is 0.350 e. The number of carbonyl (C=O) groups excluding carboxylic acids is 9. The van der Waals surface area contributed by atoms with Crippen LogP contribution in [-0.4, -0.2) is 136 Å². The number of benzene rings is 1. The number of rotatable bonds is 9. The van der Waals surface area contributed by atoms with Gasteiger partial charge < -0.3 is 52.5 Å². The minimum atomic E-state index is -3.01. The molecule has 4 aliphatic rings. The summed E-state index contributed by atoms with van der Waals surface area (Å²) in [6.07, 6.45) is -12.1. The van der Waals surface area contributed by atoms with Crippen LogP contribution in [0.4, 0.5) is 0 Å². The quantitative estimate of drug-likeness (QED) is 0.277. The summed E-state index contributed by atoms with van der Waals surface area (Å²) >= 11 is 0. The standard InChI is InChI=1S/C45H51NO20/c1-22(47)57-21-44-36(62-26(5)51)32(59-23(2)48)31-34(61-25(4)50)45(44)43(9,56)35(33(60-24(3)49)37(44)63-27(6)52)64-40(55)41(7,65-38(53)28-14-11-10-12-15-28)18-17-30-29(16-13-19-46-30)39(54)58-20-42(31,8)66-45/h10-16,19,31-37,56H,17-18,20-21H2,1-9H3/t31-,32+,33-,34+,35-,36+,37-,41+,42-,43-,44+,45-/m0/s1. The number of esters is 9. The van der Waals surface area contributed by atoms with E-state index in [0.717, 1.165) is 48.5 Å². The highest BCUT2D eigenvalue weighted by atomic mass is 16.7. The Morgan fingerprint density at radius 1 is 0.727 bits per heavy atom. The summed E-state index contributed by atoms with van der Waals surface area (Å²) in [5.74, 6) is -11.6. The van der Waals surface area contributed by atoms with Gasteiger partial charge in [-0.2, -0.15) is 0 Å². The van der Waals surface area contributed by atoms with E-state index in [1.165, 1.54) is 44.3 Å². The molecule has 3 fully saturated rings. The molecule has 0 amide bonds. The Balaban J connectivity index is 1.76. The topological polar surface area (TPSA) is 279 Å². The molecule has 1 aromatic carbocycles. The normalized spacial score (nSPS) is 34.6. The molecule has 2 saturated carbocycles. The van der Waals surface area contributed by atoms with Crippen molar-refractivity contribution < 1.29 is 95.6 Å². The van der Waals surface area contributed by atoms with Gasteiger partial charge in [-0.1, -0.05) is 18.2 Å². The van der Waals surface area contributed by atoms with Crippen molar-refractivity contribution in [3.8, 4) is 0 Å². The van der Waals surface area contributed by atoms with Crippen LogP contribution >= 0.6 is 0 Å². The maximum absolute atomic E-state index is 15.1. The van der Waals surface area contributed by atoms with Crippen molar-refractivity contribution in [3.05, 3.63) is 65.5 Å². The zero-order valence-corrected chi connectivity index (χ0v) is 37.6. The Labute approximate surface area is 377 Å². The van der Waals surface area contributed by atoms with Gasteiger partial charge in [0.25, 0.3) is 0 Å². The minimum absolute atomic E-state index is 0.00555. The minimum Gasteiger partial charge on any atom is -0.465 e. The van der Waals surface area contributed by atoms with Crippen LogP contribution in [0.25, 0.3) is 0 Å². The smallest absolute Gasteiger partial charge is 0.350 e. The molecule has 6 rings (SSSR count). The second-order valence-corrected chi connectivity index (χ2v) is 17.3. The third-order valence-corrected chi connectivity index (χ3v) is 12.5. The third-order valence-electron chi connectivity index (χ3n) is 12.5. The average molecular weight is 926 g/mol. The highest BCUT2D eigenvalue weighted by Crippen LogP contribution is 2.70. The van der Waals surface area contributed by atoms with Crippen molar-refractivity contribution in [1.82, 2.24) is 4.98 Å². The first-order chi connectivity index (χ1) is 30.8. The van der Waals surface area contributed by atoms with Crippen molar-refractivity contribution in [1.29, 1.82) is 0 Å². The summed E-state index contributed by atoms with van der Waals surface area (Å²) in [6, 6.07) is 10.4. The number of fused-ring (bicyclic) bond motifs is 5. The van der Waals surface area contributed by atoms with E-state index in [9.17, 15) is 43.5 Å². The lowest BCUT2D eigenvalue weighted by molar-refractivity contribution is -0.387. The van der Waals surface area contributed by atoms with E-state index in [1.54, 1.807) is 18.2 Å². The van der Waals surface area contributed by atoms with Gasteiger partial charge in [0.2, 0.25) is 5.60 Å². The average Bonchev–Trinajstić information content (AvgIpc) is 3.44. The zero-order valence-electron chi connectivity index (χ0n) is 37.6. The van der Waals surface area contributed by atoms with Crippen LogP contribution in [0.2, 0.25) is 0 Å². The van der Waals surface area contributed by atoms with E-state index in [0.29, 0.717) is 0 Å². The van der Waals surface area contributed by atoms with Crippen molar-refractivity contribution in [2.75, 3.05) is 13.2 Å². The fraction of sp³-hybridized carbons (Fsp3) is 0.556. The van der Waals surface area contributed by atoms with Crippen molar-refractivity contribution in [2.45, 2.75) is 134 Å². The van der Waals surface area contributed by atoms with Crippen LogP contribution in [0.5, 0.6) is 0 Å². The maximum atomic E-state index is 15.1. The van der Waals surface area contributed by atoms with E-state index >= 15 is 4.79 Å². The summed E-state index contributed by atoms with van der Waals surface area (Å²) in [7, 11) is 0. The SMILES string of the molecule is CC(=O)OC[C@]12[C@H](OC(C)=O)[C@H](OC(C)=O)[C@H]3[C@@H](OC(C)=O)[C@@]14O[C@@]3(C)COC(=O)c1cccnc1CC[C@@](C)(OC(=O)c1ccccc1)C(=O)O[C@@H]([C@H](OC(C)=O)[C@@H]2OC(C)=O)[C@]4(C)O. The van der Waals surface area contributed by atoms with E-state index in [4.69, 9.17) is 47.4 Å². The van der Waals surface area contributed by atoms with E-state index in [-0.39, 0.29) is 23.2 Å². The lowest BCUT2D eigenvalue weighted by Gasteiger charge is -2.67. The van der Waals surface area contributed by atoms with Crippen LogP contribution in [0.3, 0.4) is 0 Å². The summed E-state index contributed by atoms with van der Waals surface area (Å²) < 4.78 is 60.7. The molecule has 66 heavy (non-hydrogen) atoms. The Morgan fingerprint density at radius 3 is 1.86 bits per heavy atom. The first-order valence-corrected chi connectivity index (χ1v) is 20.9. The Kier molecular flexibility index (Phi) is 13.4. The first-order valence-electron chi connectivity index (χ1n) is 20.9. The molecule has 4 bridgehead atoms. The molecular formula is C45H51NO20. The molecule has 2 aromatic rings. The van der Waals surface area contributed by atoms with Gasteiger partial charge in [-0.05, 0) is 51.5 Å². The molecule has 21 heteroatoms. The van der Waals surface area contributed by atoms with Crippen molar-refractivity contribution in [3.63, 3.8) is 0 Å². The summed E-state index contributed by atoms with van der Waals surface area (Å²) in [5.41, 5.74) is -13.2. The Hall–Kier alpha value is -6.48. The number of hydrogen-bond donors (Lipinski definition) is 1. The van der Waals surface area contributed by atoms with Gasteiger partial charge in [0, 0.05) is 54.2 Å². The van der Waals surface area contributed by atoms with Crippen molar-refractivity contribution in [2.24, 2.45) is 11.3 Å².